The molecule has 110 valence electrons. The Labute approximate surface area is 117 Å². The van der Waals surface area contributed by atoms with E-state index in [0.29, 0.717) is 18.3 Å². The largest absolute Gasteiger partial charge is 0.396 e. The molecule has 1 atom stereocenters. The third-order valence-corrected chi connectivity index (χ3v) is 3.51. The van der Waals surface area contributed by atoms with Crippen molar-refractivity contribution in [2.45, 2.75) is 31.8 Å². The van der Waals surface area contributed by atoms with Gasteiger partial charge >= 0.3 is 0 Å². The van der Waals surface area contributed by atoms with Gasteiger partial charge in [0.1, 0.15) is 5.82 Å². The molecule has 0 saturated heterocycles. The normalized spacial score (nSPS) is 16.2. The van der Waals surface area contributed by atoms with E-state index in [1.165, 1.54) is 18.2 Å². The van der Waals surface area contributed by atoms with Gasteiger partial charge in [0.15, 0.2) is 0 Å². The Bertz CT molecular complexity index is 491. The summed E-state index contributed by atoms with van der Waals surface area (Å²) >= 11 is 0. The van der Waals surface area contributed by atoms with Crippen LogP contribution in [0.5, 0.6) is 0 Å². The summed E-state index contributed by atoms with van der Waals surface area (Å²) < 4.78 is 13.1. The van der Waals surface area contributed by atoms with Crippen molar-refractivity contribution >= 4 is 17.3 Å². The maximum Gasteiger partial charge on any atom is 0.241 e. The van der Waals surface area contributed by atoms with Gasteiger partial charge in [-0.25, -0.2) is 4.39 Å². The SMILES string of the molecule is CC(C(=O)Nc1ccc(F)c(N)c1)N(CCO)C1CC1. The van der Waals surface area contributed by atoms with Gasteiger partial charge in [0.05, 0.1) is 18.3 Å². The average Bonchev–Trinajstić information content (AvgIpc) is 3.24. The summed E-state index contributed by atoms with van der Waals surface area (Å²) in [4.78, 5) is 14.2. The molecule has 1 saturated carbocycles. The van der Waals surface area contributed by atoms with Crippen LogP contribution in [0, 0.1) is 5.82 Å². The van der Waals surface area contributed by atoms with Gasteiger partial charge in [-0.2, -0.15) is 0 Å². The maximum absolute atomic E-state index is 13.1. The fourth-order valence-corrected chi connectivity index (χ4v) is 2.23. The molecule has 1 aromatic carbocycles. The van der Waals surface area contributed by atoms with Crippen molar-refractivity contribution in [3.05, 3.63) is 24.0 Å². The molecule has 4 N–H and O–H groups in total. The van der Waals surface area contributed by atoms with Crippen molar-refractivity contribution in [3.8, 4) is 0 Å². The predicted octanol–water partition coefficient (Wildman–Crippen LogP) is 1.19. The number of aliphatic hydroxyl groups excluding tert-OH is 1. The fraction of sp³-hybridized carbons (Fsp3) is 0.500. The van der Waals surface area contributed by atoms with Gasteiger partial charge in [-0.3, -0.25) is 9.69 Å². The van der Waals surface area contributed by atoms with E-state index in [1.54, 1.807) is 6.92 Å². The number of anilines is 2. The van der Waals surface area contributed by atoms with E-state index in [0.717, 1.165) is 12.8 Å². The first-order chi connectivity index (χ1) is 9.52. The van der Waals surface area contributed by atoms with Crippen LogP contribution in [0.4, 0.5) is 15.8 Å². The highest BCUT2D eigenvalue weighted by molar-refractivity contribution is 5.95. The van der Waals surface area contributed by atoms with Crippen LogP contribution >= 0.6 is 0 Å². The Balaban J connectivity index is 2.00. The quantitative estimate of drug-likeness (QED) is 0.684. The zero-order chi connectivity index (χ0) is 14.7. The van der Waals surface area contributed by atoms with Gasteiger partial charge < -0.3 is 16.2 Å². The van der Waals surface area contributed by atoms with Gasteiger partial charge in [0, 0.05) is 18.3 Å². The first kappa shape index (κ1) is 14.7. The Kier molecular flexibility index (Phi) is 4.57. The van der Waals surface area contributed by atoms with Crippen LogP contribution in [-0.4, -0.2) is 41.1 Å². The fourth-order valence-electron chi connectivity index (χ4n) is 2.23. The second-order valence-electron chi connectivity index (χ2n) is 5.09. The Morgan fingerprint density at radius 3 is 2.85 bits per heavy atom. The Morgan fingerprint density at radius 1 is 1.60 bits per heavy atom. The number of nitrogen functional groups attached to an aromatic ring is 1. The number of hydrogen-bond donors (Lipinski definition) is 3. The lowest BCUT2D eigenvalue weighted by atomic mass is 10.2. The van der Waals surface area contributed by atoms with Crippen molar-refractivity contribution in [1.82, 2.24) is 4.90 Å². The summed E-state index contributed by atoms with van der Waals surface area (Å²) in [7, 11) is 0. The number of rotatable bonds is 6. The summed E-state index contributed by atoms with van der Waals surface area (Å²) in [6.07, 6.45) is 2.11. The molecule has 0 bridgehead atoms. The molecule has 0 radical (unpaired) electrons. The van der Waals surface area contributed by atoms with E-state index in [9.17, 15) is 9.18 Å². The highest BCUT2D eigenvalue weighted by Gasteiger charge is 2.34. The molecule has 0 aromatic heterocycles. The first-order valence-electron chi connectivity index (χ1n) is 6.75. The molecule has 0 spiro atoms. The molecule has 1 aliphatic rings. The molecule has 0 aliphatic heterocycles. The van der Waals surface area contributed by atoms with E-state index in [4.69, 9.17) is 10.8 Å². The number of nitrogens with zero attached hydrogens (tertiary/aromatic N) is 1. The van der Waals surface area contributed by atoms with E-state index in [2.05, 4.69) is 5.32 Å². The highest BCUT2D eigenvalue weighted by Crippen LogP contribution is 2.28. The maximum atomic E-state index is 13.1. The standard InChI is InChI=1S/C14H20FN3O2/c1-9(18(6-7-19)11-3-4-11)14(20)17-10-2-5-12(15)13(16)8-10/h2,5,8-9,11,19H,3-4,6-7,16H2,1H3,(H,17,20). The monoisotopic (exact) mass is 281 g/mol. The number of benzene rings is 1. The number of halogens is 1. The smallest absolute Gasteiger partial charge is 0.241 e. The predicted molar refractivity (Wildman–Crippen MR) is 75.7 cm³/mol. The van der Waals surface area contributed by atoms with Crippen molar-refractivity contribution in [2.24, 2.45) is 0 Å². The van der Waals surface area contributed by atoms with E-state index >= 15 is 0 Å². The second kappa shape index (κ2) is 6.19. The molecule has 0 heterocycles. The molecule has 1 amide bonds. The summed E-state index contributed by atoms with van der Waals surface area (Å²) in [5.74, 6) is -0.688. The van der Waals surface area contributed by atoms with Crippen molar-refractivity contribution in [3.63, 3.8) is 0 Å². The van der Waals surface area contributed by atoms with E-state index < -0.39 is 5.82 Å². The van der Waals surface area contributed by atoms with Crippen LogP contribution in [0.2, 0.25) is 0 Å². The molecule has 2 rings (SSSR count). The number of nitrogens with one attached hydrogen (secondary N) is 1. The number of aliphatic hydroxyl groups is 1. The van der Waals surface area contributed by atoms with Crippen LogP contribution in [0.25, 0.3) is 0 Å². The number of amides is 1. The molecule has 6 heteroatoms. The van der Waals surface area contributed by atoms with Gasteiger partial charge in [-0.05, 0) is 38.0 Å². The molecule has 20 heavy (non-hydrogen) atoms. The summed E-state index contributed by atoms with van der Waals surface area (Å²) in [6.45, 7) is 2.30. The van der Waals surface area contributed by atoms with Crippen LogP contribution in [0.1, 0.15) is 19.8 Å². The summed E-state index contributed by atoms with van der Waals surface area (Å²) in [5, 5.41) is 11.8. The number of carbonyl (C=O) groups is 1. The lowest BCUT2D eigenvalue weighted by molar-refractivity contribution is -0.121. The van der Waals surface area contributed by atoms with Crippen LogP contribution in [-0.2, 0) is 4.79 Å². The lowest BCUT2D eigenvalue weighted by Crippen LogP contribution is -2.44. The minimum absolute atomic E-state index is 0.00450. The second-order valence-corrected chi connectivity index (χ2v) is 5.09. The highest BCUT2D eigenvalue weighted by atomic mass is 19.1. The van der Waals surface area contributed by atoms with Crippen LogP contribution in [0.15, 0.2) is 18.2 Å². The lowest BCUT2D eigenvalue weighted by Gasteiger charge is -2.27. The van der Waals surface area contributed by atoms with Gasteiger partial charge in [-0.15, -0.1) is 0 Å². The molecular formula is C14H20FN3O2. The summed E-state index contributed by atoms with van der Waals surface area (Å²) in [5.41, 5.74) is 5.95. The molecule has 1 unspecified atom stereocenters. The van der Waals surface area contributed by atoms with Crippen molar-refractivity contribution in [2.75, 3.05) is 24.2 Å². The zero-order valence-electron chi connectivity index (χ0n) is 11.5. The third-order valence-electron chi connectivity index (χ3n) is 3.51. The summed E-state index contributed by atoms with van der Waals surface area (Å²) in [6, 6.07) is 4.13. The minimum Gasteiger partial charge on any atom is -0.396 e. The topological polar surface area (TPSA) is 78.6 Å². The Hall–Kier alpha value is -1.66. The number of nitrogens with two attached hydrogens (primary N) is 1. The molecular weight excluding hydrogens is 261 g/mol. The zero-order valence-corrected chi connectivity index (χ0v) is 11.5. The third kappa shape index (κ3) is 3.46. The minimum atomic E-state index is -0.504. The van der Waals surface area contributed by atoms with Crippen molar-refractivity contribution < 1.29 is 14.3 Å². The average molecular weight is 281 g/mol. The molecule has 5 nitrogen and oxygen atoms in total. The van der Waals surface area contributed by atoms with E-state index in [1.807, 2.05) is 4.90 Å². The molecule has 1 fully saturated rings. The molecule has 1 aliphatic carbocycles. The number of carbonyl (C=O) groups excluding carboxylic acids is 1. The Morgan fingerprint density at radius 2 is 2.30 bits per heavy atom. The van der Waals surface area contributed by atoms with Crippen LogP contribution in [0.3, 0.4) is 0 Å². The van der Waals surface area contributed by atoms with Gasteiger partial charge in [0.25, 0.3) is 0 Å². The van der Waals surface area contributed by atoms with Crippen molar-refractivity contribution in [1.29, 1.82) is 0 Å². The molecule has 1 aromatic rings. The number of hydrogen-bond acceptors (Lipinski definition) is 4. The van der Waals surface area contributed by atoms with Gasteiger partial charge in [-0.1, -0.05) is 0 Å². The van der Waals surface area contributed by atoms with E-state index in [-0.39, 0.29) is 24.2 Å². The first-order valence-corrected chi connectivity index (χ1v) is 6.75. The van der Waals surface area contributed by atoms with Gasteiger partial charge in [0.2, 0.25) is 5.91 Å². The van der Waals surface area contributed by atoms with Crippen LogP contribution < -0.4 is 11.1 Å².